The van der Waals surface area contributed by atoms with Crippen molar-refractivity contribution in [3.05, 3.63) is 29.3 Å². The van der Waals surface area contributed by atoms with Gasteiger partial charge in [-0.25, -0.2) is 0 Å². The van der Waals surface area contributed by atoms with Crippen LogP contribution in [0.4, 0.5) is 0 Å². The van der Waals surface area contributed by atoms with E-state index >= 15 is 0 Å². The summed E-state index contributed by atoms with van der Waals surface area (Å²) in [6.07, 6.45) is 2.05. The Kier molecular flexibility index (Phi) is 5.51. The van der Waals surface area contributed by atoms with Crippen molar-refractivity contribution in [3.8, 4) is 5.75 Å². The van der Waals surface area contributed by atoms with Crippen molar-refractivity contribution in [2.45, 2.75) is 38.6 Å². The lowest BCUT2D eigenvalue weighted by Gasteiger charge is -2.40. The summed E-state index contributed by atoms with van der Waals surface area (Å²) in [6, 6.07) is 5.49. The van der Waals surface area contributed by atoms with Crippen LogP contribution in [-0.2, 0) is 9.53 Å². The molecule has 2 aliphatic heterocycles. The second-order valence-electron chi connectivity index (χ2n) is 7.23. The highest BCUT2D eigenvalue weighted by Crippen LogP contribution is 2.32. The maximum Gasteiger partial charge on any atom is 0.254 e. The highest BCUT2D eigenvalue weighted by Gasteiger charge is 2.46. The van der Waals surface area contributed by atoms with Crippen molar-refractivity contribution < 1.29 is 19.1 Å². The predicted octanol–water partition coefficient (Wildman–Crippen LogP) is 2.25. The minimum absolute atomic E-state index is 0.0254. The van der Waals surface area contributed by atoms with Crippen LogP contribution in [0.2, 0.25) is 0 Å². The molecule has 142 valence electrons. The fourth-order valence-corrected chi connectivity index (χ4v) is 4.02. The number of benzene rings is 1. The van der Waals surface area contributed by atoms with Gasteiger partial charge in [-0.1, -0.05) is 6.92 Å². The van der Waals surface area contributed by atoms with E-state index in [0.717, 1.165) is 24.2 Å². The van der Waals surface area contributed by atoms with Gasteiger partial charge in [0.25, 0.3) is 5.91 Å². The van der Waals surface area contributed by atoms with Crippen LogP contribution in [0.15, 0.2) is 18.2 Å². The Morgan fingerprint density at radius 1 is 1.38 bits per heavy atom. The van der Waals surface area contributed by atoms with E-state index in [-0.39, 0.29) is 17.4 Å². The van der Waals surface area contributed by atoms with Crippen molar-refractivity contribution >= 4 is 11.8 Å². The zero-order valence-electron chi connectivity index (χ0n) is 15.9. The van der Waals surface area contributed by atoms with E-state index in [2.05, 4.69) is 6.92 Å². The number of carbonyl (C=O) groups excluding carboxylic acids is 2. The monoisotopic (exact) mass is 360 g/mol. The molecule has 1 aromatic carbocycles. The van der Waals surface area contributed by atoms with E-state index in [4.69, 9.17) is 9.47 Å². The first-order valence-corrected chi connectivity index (χ1v) is 9.33. The average molecular weight is 360 g/mol. The summed E-state index contributed by atoms with van der Waals surface area (Å²) in [7, 11) is 1.61. The van der Waals surface area contributed by atoms with E-state index in [1.54, 1.807) is 13.2 Å². The molecule has 0 radical (unpaired) electrons. The predicted molar refractivity (Wildman–Crippen MR) is 98.4 cm³/mol. The van der Waals surface area contributed by atoms with E-state index in [1.165, 1.54) is 0 Å². The quantitative estimate of drug-likeness (QED) is 0.826. The molecule has 6 heteroatoms. The van der Waals surface area contributed by atoms with Crippen LogP contribution in [0.3, 0.4) is 0 Å². The lowest BCUT2D eigenvalue weighted by molar-refractivity contribution is -0.136. The Labute approximate surface area is 155 Å². The summed E-state index contributed by atoms with van der Waals surface area (Å²) in [6.45, 7) is 6.82. The number of ether oxygens (including phenoxy) is 2. The summed E-state index contributed by atoms with van der Waals surface area (Å²) in [4.78, 5) is 29.7. The zero-order chi connectivity index (χ0) is 18.7. The average Bonchev–Trinajstić information content (AvgIpc) is 3.06. The van der Waals surface area contributed by atoms with E-state index in [1.807, 2.05) is 28.9 Å². The Balaban J connectivity index is 1.88. The van der Waals surface area contributed by atoms with Gasteiger partial charge in [0.05, 0.1) is 19.3 Å². The van der Waals surface area contributed by atoms with Gasteiger partial charge in [0.15, 0.2) is 0 Å². The molecule has 2 fully saturated rings. The number of rotatable bonds is 4. The number of aryl methyl sites for hydroxylation is 1. The van der Waals surface area contributed by atoms with Gasteiger partial charge >= 0.3 is 0 Å². The van der Waals surface area contributed by atoms with Gasteiger partial charge in [-0.3, -0.25) is 9.59 Å². The SMILES string of the molecule is CCCN1C(=O)CCN(C(=O)c2ccc(OC)cc2C)CC12CCOC2. The summed E-state index contributed by atoms with van der Waals surface area (Å²) < 4.78 is 10.9. The van der Waals surface area contributed by atoms with Gasteiger partial charge in [-0.2, -0.15) is 0 Å². The van der Waals surface area contributed by atoms with Gasteiger partial charge in [0, 0.05) is 38.2 Å². The number of nitrogens with zero attached hydrogens (tertiary/aromatic N) is 2. The van der Waals surface area contributed by atoms with Crippen molar-refractivity contribution in [1.82, 2.24) is 9.80 Å². The van der Waals surface area contributed by atoms with Crippen molar-refractivity contribution in [3.63, 3.8) is 0 Å². The molecular formula is C20H28N2O4. The Bertz CT molecular complexity index is 682. The van der Waals surface area contributed by atoms with Gasteiger partial charge in [-0.15, -0.1) is 0 Å². The Hall–Kier alpha value is -2.08. The van der Waals surface area contributed by atoms with Gasteiger partial charge in [-0.05, 0) is 43.5 Å². The molecule has 2 saturated heterocycles. The molecule has 0 saturated carbocycles. The lowest BCUT2D eigenvalue weighted by Crippen LogP contribution is -2.57. The Morgan fingerprint density at radius 2 is 2.19 bits per heavy atom. The summed E-state index contributed by atoms with van der Waals surface area (Å²) in [5.74, 6) is 0.835. The van der Waals surface area contributed by atoms with E-state index in [0.29, 0.717) is 44.8 Å². The number of hydrogen-bond donors (Lipinski definition) is 0. The van der Waals surface area contributed by atoms with Crippen LogP contribution in [0.1, 0.15) is 42.1 Å². The van der Waals surface area contributed by atoms with Crippen molar-refractivity contribution in [1.29, 1.82) is 0 Å². The van der Waals surface area contributed by atoms with Crippen LogP contribution >= 0.6 is 0 Å². The molecule has 1 spiro atoms. The number of carbonyl (C=O) groups is 2. The molecule has 26 heavy (non-hydrogen) atoms. The topological polar surface area (TPSA) is 59.1 Å². The maximum atomic E-state index is 13.2. The molecule has 2 aliphatic rings. The molecule has 0 aromatic heterocycles. The van der Waals surface area contributed by atoms with Gasteiger partial charge < -0.3 is 19.3 Å². The molecule has 0 N–H and O–H groups in total. The first-order chi connectivity index (χ1) is 12.5. The molecule has 1 aromatic rings. The van der Waals surface area contributed by atoms with Gasteiger partial charge in [0.2, 0.25) is 5.91 Å². The van der Waals surface area contributed by atoms with E-state index in [9.17, 15) is 9.59 Å². The third-order valence-electron chi connectivity index (χ3n) is 5.44. The van der Waals surface area contributed by atoms with Crippen LogP contribution in [-0.4, -0.2) is 67.1 Å². The Morgan fingerprint density at radius 3 is 2.81 bits per heavy atom. The molecule has 3 rings (SSSR count). The number of methoxy groups -OCH3 is 1. The molecule has 1 atom stereocenters. The third kappa shape index (κ3) is 3.43. The van der Waals surface area contributed by atoms with Crippen molar-refractivity contribution in [2.24, 2.45) is 0 Å². The molecular weight excluding hydrogens is 332 g/mol. The van der Waals surface area contributed by atoms with Crippen LogP contribution in [0, 0.1) is 6.92 Å². The number of hydrogen-bond acceptors (Lipinski definition) is 4. The van der Waals surface area contributed by atoms with Crippen LogP contribution < -0.4 is 4.74 Å². The minimum atomic E-state index is -0.389. The second-order valence-corrected chi connectivity index (χ2v) is 7.23. The minimum Gasteiger partial charge on any atom is -0.497 e. The van der Waals surface area contributed by atoms with Crippen molar-refractivity contribution in [2.75, 3.05) is 40.0 Å². The molecule has 1 unspecified atom stereocenters. The second kappa shape index (κ2) is 7.66. The molecule has 2 amide bonds. The summed E-state index contributed by atoms with van der Waals surface area (Å²) in [5.41, 5.74) is 1.16. The molecule has 6 nitrogen and oxygen atoms in total. The standard InChI is InChI=1S/C20H28N2O4/c1-4-9-22-18(23)7-10-21(13-20(22)8-11-26-14-20)19(24)17-6-5-16(25-3)12-15(17)2/h5-6,12H,4,7-11,13-14H2,1-3H3. The van der Waals surface area contributed by atoms with Gasteiger partial charge in [0.1, 0.15) is 5.75 Å². The smallest absolute Gasteiger partial charge is 0.254 e. The maximum absolute atomic E-state index is 13.2. The largest absolute Gasteiger partial charge is 0.497 e. The summed E-state index contributed by atoms with van der Waals surface area (Å²) >= 11 is 0. The highest BCUT2D eigenvalue weighted by atomic mass is 16.5. The molecule has 2 heterocycles. The normalized spacial score (nSPS) is 23.4. The fraction of sp³-hybridized carbons (Fsp3) is 0.600. The fourth-order valence-electron chi connectivity index (χ4n) is 4.02. The zero-order valence-corrected chi connectivity index (χ0v) is 15.9. The first-order valence-electron chi connectivity index (χ1n) is 9.33. The van der Waals surface area contributed by atoms with Crippen LogP contribution in [0.5, 0.6) is 5.75 Å². The number of amides is 2. The lowest BCUT2D eigenvalue weighted by atomic mass is 9.94. The first kappa shape index (κ1) is 18.7. The highest BCUT2D eigenvalue weighted by molar-refractivity contribution is 5.96. The third-order valence-corrected chi connectivity index (χ3v) is 5.44. The summed E-state index contributed by atoms with van der Waals surface area (Å²) in [5, 5.41) is 0. The van der Waals surface area contributed by atoms with E-state index < -0.39 is 0 Å². The molecule has 0 bridgehead atoms. The molecule has 0 aliphatic carbocycles. The van der Waals surface area contributed by atoms with Crippen LogP contribution in [0.25, 0.3) is 0 Å².